The van der Waals surface area contributed by atoms with Gasteiger partial charge in [-0.1, -0.05) is 33.6 Å². The van der Waals surface area contributed by atoms with Gasteiger partial charge in [-0.3, -0.25) is 0 Å². The third-order valence-electron chi connectivity index (χ3n) is 2.69. The van der Waals surface area contributed by atoms with Crippen molar-refractivity contribution in [1.29, 1.82) is 0 Å². The molecule has 0 amide bonds. The van der Waals surface area contributed by atoms with Crippen LogP contribution in [0.3, 0.4) is 0 Å². The molecule has 14 heavy (non-hydrogen) atoms. The molecule has 2 unspecified atom stereocenters. The van der Waals surface area contributed by atoms with Crippen molar-refractivity contribution >= 4 is 0 Å². The first-order valence-corrected chi connectivity index (χ1v) is 6.02. The molecule has 0 heterocycles. The third kappa shape index (κ3) is 5.61. The van der Waals surface area contributed by atoms with Gasteiger partial charge < -0.3 is 9.84 Å². The average molecular weight is 202 g/mol. The van der Waals surface area contributed by atoms with Crippen LogP contribution in [0.4, 0.5) is 0 Å². The van der Waals surface area contributed by atoms with Gasteiger partial charge in [0.15, 0.2) is 0 Å². The quantitative estimate of drug-likeness (QED) is 0.582. The first-order chi connectivity index (χ1) is 6.79. The van der Waals surface area contributed by atoms with Gasteiger partial charge in [0.2, 0.25) is 0 Å². The molecule has 2 nitrogen and oxygen atoms in total. The number of ether oxygens (including phenoxy) is 1. The number of rotatable bonds is 9. The lowest BCUT2D eigenvalue weighted by Gasteiger charge is -2.24. The van der Waals surface area contributed by atoms with E-state index in [-0.39, 0.29) is 12.7 Å². The van der Waals surface area contributed by atoms with Gasteiger partial charge in [0.05, 0.1) is 6.10 Å². The van der Waals surface area contributed by atoms with Crippen molar-refractivity contribution in [2.75, 3.05) is 13.2 Å². The summed E-state index contributed by atoms with van der Waals surface area (Å²) in [6.45, 7) is 7.56. The highest BCUT2D eigenvalue weighted by Gasteiger charge is 2.18. The molecule has 0 aromatic heterocycles. The van der Waals surface area contributed by atoms with Crippen LogP contribution in [0, 0.1) is 5.92 Å². The lowest BCUT2D eigenvalue weighted by Crippen LogP contribution is -2.26. The second-order valence-electron chi connectivity index (χ2n) is 3.90. The molecule has 0 aliphatic carbocycles. The molecule has 0 bridgehead atoms. The number of aliphatic hydroxyl groups excluding tert-OH is 1. The summed E-state index contributed by atoms with van der Waals surface area (Å²) in [6.07, 6.45) is 5.78. The number of hydrogen-bond donors (Lipinski definition) is 1. The van der Waals surface area contributed by atoms with Gasteiger partial charge in [-0.15, -0.1) is 0 Å². The summed E-state index contributed by atoms with van der Waals surface area (Å²) in [4.78, 5) is 0. The largest absolute Gasteiger partial charge is 0.396 e. The van der Waals surface area contributed by atoms with Crippen LogP contribution in [0.15, 0.2) is 0 Å². The zero-order valence-electron chi connectivity index (χ0n) is 9.96. The van der Waals surface area contributed by atoms with Gasteiger partial charge in [-0.25, -0.2) is 0 Å². The van der Waals surface area contributed by atoms with Crippen molar-refractivity contribution in [2.45, 2.75) is 59.0 Å². The minimum atomic E-state index is 0.257. The van der Waals surface area contributed by atoms with E-state index in [1.54, 1.807) is 0 Å². The van der Waals surface area contributed by atoms with Crippen LogP contribution >= 0.6 is 0 Å². The Balaban J connectivity index is 3.85. The molecule has 2 atom stereocenters. The van der Waals surface area contributed by atoms with Crippen molar-refractivity contribution < 1.29 is 9.84 Å². The van der Waals surface area contributed by atoms with Gasteiger partial charge in [-0.05, 0) is 19.3 Å². The van der Waals surface area contributed by atoms with E-state index < -0.39 is 0 Å². The molecular formula is C12H26O2. The van der Waals surface area contributed by atoms with Crippen molar-refractivity contribution in [3.8, 4) is 0 Å². The zero-order chi connectivity index (χ0) is 10.8. The second-order valence-corrected chi connectivity index (χ2v) is 3.90. The van der Waals surface area contributed by atoms with Crippen LogP contribution < -0.4 is 0 Å². The van der Waals surface area contributed by atoms with Crippen molar-refractivity contribution in [3.63, 3.8) is 0 Å². The molecule has 0 aromatic rings. The fraction of sp³-hybridized carbons (Fsp3) is 1.00. The maximum atomic E-state index is 9.20. The van der Waals surface area contributed by atoms with Crippen LogP contribution in [-0.4, -0.2) is 24.4 Å². The normalized spacial score (nSPS) is 15.4. The van der Waals surface area contributed by atoms with E-state index in [2.05, 4.69) is 20.8 Å². The summed E-state index contributed by atoms with van der Waals surface area (Å²) < 4.78 is 5.81. The second kappa shape index (κ2) is 9.47. The molecule has 0 saturated heterocycles. The smallest absolute Gasteiger partial charge is 0.0624 e. The molecule has 0 rings (SSSR count). The molecule has 0 spiro atoms. The lowest BCUT2D eigenvalue weighted by atomic mass is 9.97. The summed E-state index contributed by atoms with van der Waals surface area (Å²) in [5, 5.41) is 9.20. The predicted octanol–water partition coefficient (Wildman–Crippen LogP) is 2.99. The number of aliphatic hydroxyl groups is 1. The molecule has 1 N–H and O–H groups in total. The van der Waals surface area contributed by atoms with Crippen LogP contribution in [0.1, 0.15) is 52.9 Å². The zero-order valence-corrected chi connectivity index (χ0v) is 9.96. The highest BCUT2D eigenvalue weighted by Crippen LogP contribution is 2.17. The number of unbranched alkanes of at least 4 members (excludes halogenated alkanes) is 1. The van der Waals surface area contributed by atoms with Gasteiger partial charge in [-0.2, -0.15) is 0 Å². The third-order valence-corrected chi connectivity index (χ3v) is 2.69. The Morgan fingerprint density at radius 3 is 2.29 bits per heavy atom. The van der Waals surface area contributed by atoms with Crippen molar-refractivity contribution in [3.05, 3.63) is 0 Å². The van der Waals surface area contributed by atoms with Gasteiger partial charge in [0, 0.05) is 19.1 Å². The molecule has 0 aliphatic rings. The standard InChI is InChI=1S/C12H26O2/c1-4-7-9-14-12(8-5-2)11(6-3)10-13/h11-13H,4-10H2,1-3H3. The summed E-state index contributed by atoms with van der Waals surface area (Å²) in [6, 6.07) is 0. The predicted molar refractivity (Wildman–Crippen MR) is 60.4 cm³/mol. The van der Waals surface area contributed by atoms with Gasteiger partial charge in [0.25, 0.3) is 0 Å². The fourth-order valence-corrected chi connectivity index (χ4v) is 1.63. The Labute approximate surface area is 88.7 Å². The van der Waals surface area contributed by atoms with Crippen molar-refractivity contribution in [1.82, 2.24) is 0 Å². The highest BCUT2D eigenvalue weighted by atomic mass is 16.5. The molecule has 0 aliphatic heterocycles. The highest BCUT2D eigenvalue weighted by molar-refractivity contribution is 4.68. The summed E-state index contributed by atoms with van der Waals surface area (Å²) >= 11 is 0. The maximum absolute atomic E-state index is 9.20. The molecule has 0 aromatic carbocycles. The Morgan fingerprint density at radius 2 is 1.86 bits per heavy atom. The van der Waals surface area contributed by atoms with E-state index in [0.29, 0.717) is 5.92 Å². The lowest BCUT2D eigenvalue weighted by molar-refractivity contribution is -0.0139. The number of hydrogen-bond acceptors (Lipinski definition) is 2. The van der Waals surface area contributed by atoms with E-state index in [9.17, 15) is 5.11 Å². The first kappa shape index (κ1) is 13.9. The Morgan fingerprint density at radius 1 is 1.14 bits per heavy atom. The van der Waals surface area contributed by atoms with Crippen LogP contribution in [0.5, 0.6) is 0 Å². The Bertz CT molecular complexity index is 111. The molecule has 86 valence electrons. The average Bonchev–Trinajstić information content (AvgIpc) is 2.20. The van der Waals surface area contributed by atoms with Crippen LogP contribution in [-0.2, 0) is 4.74 Å². The summed E-state index contributed by atoms with van der Waals surface area (Å²) in [7, 11) is 0. The monoisotopic (exact) mass is 202 g/mol. The summed E-state index contributed by atoms with van der Waals surface area (Å²) in [5.74, 6) is 0.326. The van der Waals surface area contributed by atoms with Crippen LogP contribution in [0.2, 0.25) is 0 Å². The summed E-state index contributed by atoms with van der Waals surface area (Å²) in [5.41, 5.74) is 0. The van der Waals surface area contributed by atoms with E-state index in [1.165, 1.54) is 6.42 Å². The molecular weight excluding hydrogens is 176 g/mol. The minimum absolute atomic E-state index is 0.257. The molecule has 0 saturated carbocycles. The van der Waals surface area contributed by atoms with Crippen molar-refractivity contribution in [2.24, 2.45) is 5.92 Å². The van der Waals surface area contributed by atoms with Gasteiger partial charge >= 0.3 is 0 Å². The fourth-order valence-electron chi connectivity index (χ4n) is 1.63. The maximum Gasteiger partial charge on any atom is 0.0624 e. The minimum Gasteiger partial charge on any atom is -0.396 e. The first-order valence-electron chi connectivity index (χ1n) is 6.02. The molecule has 2 heteroatoms. The van der Waals surface area contributed by atoms with E-state index in [4.69, 9.17) is 4.74 Å². The van der Waals surface area contributed by atoms with Gasteiger partial charge in [0.1, 0.15) is 0 Å². The molecule has 0 fully saturated rings. The Hall–Kier alpha value is -0.0800. The molecule has 0 radical (unpaired) electrons. The van der Waals surface area contributed by atoms with E-state index in [1.807, 2.05) is 0 Å². The van der Waals surface area contributed by atoms with E-state index in [0.717, 1.165) is 32.3 Å². The van der Waals surface area contributed by atoms with E-state index >= 15 is 0 Å². The van der Waals surface area contributed by atoms with Crippen LogP contribution in [0.25, 0.3) is 0 Å². The topological polar surface area (TPSA) is 29.5 Å². The SMILES string of the molecule is CCCCOC(CCC)C(CC)CO. The Kier molecular flexibility index (Phi) is 9.42.